The highest BCUT2D eigenvalue weighted by Gasteiger charge is 2.08. The number of benzene rings is 2. The molecule has 1 heterocycles. The van der Waals surface area contributed by atoms with Gasteiger partial charge in [0.25, 0.3) is 0 Å². The van der Waals surface area contributed by atoms with E-state index in [1.165, 1.54) is 0 Å². The summed E-state index contributed by atoms with van der Waals surface area (Å²) >= 11 is 3.48. The van der Waals surface area contributed by atoms with Crippen molar-refractivity contribution in [2.45, 2.75) is 5.33 Å². The molecule has 2 aromatic carbocycles. The van der Waals surface area contributed by atoms with Gasteiger partial charge in [0.2, 0.25) is 0 Å². The van der Waals surface area contributed by atoms with Gasteiger partial charge < -0.3 is 37.9 Å². The van der Waals surface area contributed by atoms with Crippen LogP contribution in [0.2, 0.25) is 0 Å². The number of hydrogen-bond acceptors (Lipinski definition) is 8. The molecule has 0 N–H and O–H groups in total. The summed E-state index contributed by atoms with van der Waals surface area (Å²) in [5, 5.41) is 0.737. The molecule has 0 unspecified atom stereocenters. The van der Waals surface area contributed by atoms with Gasteiger partial charge >= 0.3 is 0 Å². The molecule has 0 fully saturated rings. The first kappa shape index (κ1) is 26.6. The average molecular weight is 541 g/mol. The van der Waals surface area contributed by atoms with Gasteiger partial charge in [-0.1, -0.05) is 34.1 Å². The van der Waals surface area contributed by atoms with E-state index < -0.39 is 0 Å². The van der Waals surface area contributed by atoms with Gasteiger partial charge in [0, 0.05) is 5.33 Å². The molecule has 0 spiro atoms. The molecule has 3 rings (SSSR count). The fourth-order valence-electron chi connectivity index (χ4n) is 3.04. The first-order chi connectivity index (χ1) is 16.9. The number of alkyl halides is 1. The van der Waals surface area contributed by atoms with Gasteiger partial charge in [-0.25, -0.2) is 0 Å². The van der Waals surface area contributed by atoms with Crippen molar-refractivity contribution in [1.82, 2.24) is 0 Å². The SMILES string of the molecule is BrCc1ccc2c(c1)OCCOCCOCCOc1ccccc1OCCOCCOCCO2. The molecule has 0 aromatic heterocycles. The van der Waals surface area contributed by atoms with Gasteiger partial charge in [0.15, 0.2) is 23.0 Å². The van der Waals surface area contributed by atoms with Crippen molar-refractivity contribution in [3.8, 4) is 23.0 Å². The zero-order valence-electron chi connectivity index (χ0n) is 19.4. The summed E-state index contributed by atoms with van der Waals surface area (Å²) in [6, 6.07) is 13.4. The normalized spacial score (nSPS) is 17.9. The lowest BCUT2D eigenvalue weighted by Gasteiger charge is -2.15. The highest BCUT2D eigenvalue weighted by molar-refractivity contribution is 9.08. The lowest BCUT2D eigenvalue weighted by atomic mass is 10.2. The largest absolute Gasteiger partial charge is 0.487 e. The maximum Gasteiger partial charge on any atom is 0.161 e. The van der Waals surface area contributed by atoms with Crippen LogP contribution in [-0.2, 0) is 24.3 Å². The summed E-state index contributed by atoms with van der Waals surface area (Å²) in [5.74, 6) is 2.73. The molecule has 34 heavy (non-hydrogen) atoms. The third kappa shape index (κ3) is 10.1. The van der Waals surface area contributed by atoms with Crippen LogP contribution in [-0.4, -0.2) is 79.3 Å². The zero-order chi connectivity index (χ0) is 23.7. The van der Waals surface area contributed by atoms with E-state index in [2.05, 4.69) is 15.9 Å². The Morgan fingerprint density at radius 1 is 0.471 bits per heavy atom. The highest BCUT2D eigenvalue weighted by atomic mass is 79.9. The molecule has 188 valence electrons. The van der Waals surface area contributed by atoms with Crippen LogP contribution in [0.1, 0.15) is 5.56 Å². The van der Waals surface area contributed by atoms with Crippen molar-refractivity contribution in [2.75, 3.05) is 79.3 Å². The minimum Gasteiger partial charge on any atom is -0.487 e. The van der Waals surface area contributed by atoms with Gasteiger partial charge in [-0.3, -0.25) is 0 Å². The number of ether oxygens (including phenoxy) is 8. The Labute approximate surface area is 209 Å². The van der Waals surface area contributed by atoms with Crippen LogP contribution in [0.3, 0.4) is 0 Å². The second-order valence-corrected chi connectivity index (χ2v) is 7.77. The molecule has 0 saturated heterocycles. The Hall–Kier alpha value is -2.04. The lowest BCUT2D eigenvalue weighted by Crippen LogP contribution is -2.15. The van der Waals surface area contributed by atoms with E-state index in [4.69, 9.17) is 37.9 Å². The van der Waals surface area contributed by atoms with Gasteiger partial charge in [-0.05, 0) is 29.8 Å². The van der Waals surface area contributed by atoms with Crippen molar-refractivity contribution < 1.29 is 37.9 Å². The number of rotatable bonds is 1. The second kappa shape index (κ2) is 16.6. The smallest absolute Gasteiger partial charge is 0.161 e. The van der Waals surface area contributed by atoms with Gasteiger partial charge in [0.05, 0.1) is 52.9 Å². The molecule has 0 aliphatic carbocycles. The van der Waals surface area contributed by atoms with Crippen LogP contribution >= 0.6 is 15.9 Å². The van der Waals surface area contributed by atoms with Crippen LogP contribution in [0.4, 0.5) is 0 Å². The van der Waals surface area contributed by atoms with Gasteiger partial charge in [-0.15, -0.1) is 0 Å². The van der Waals surface area contributed by atoms with Crippen LogP contribution in [0, 0.1) is 0 Å². The van der Waals surface area contributed by atoms with Crippen molar-refractivity contribution in [3.05, 3.63) is 48.0 Å². The number of fused-ring (bicyclic) bond motifs is 2. The Morgan fingerprint density at radius 2 is 0.853 bits per heavy atom. The Bertz CT molecular complexity index is 819. The second-order valence-electron chi connectivity index (χ2n) is 7.20. The molecule has 0 amide bonds. The van der Waals surface area contributed by atoms with E-state index in [1.54, 1.807) is 0 Å². The van der Waals surface area contributed by atoms with Crippen LogP contribution < -0.4 is 18.9 Å². The van der Waals surface area contributed by atoms with E-state index in [1.807, 2.05) is 42.5 Å². The Balaban J connectivity index is 1.48. The number of hydrogen-bond donors (Lipinski definition) is 0. The van der Waals surface area contributed by atoms with E-state index in [-0.39, 0.29) is 0 Å². The summed E-state index contributed by atoms with van der Waals surface area (Å²) in [6.07, 6.45) is 0. The van der Waals surface area contributed by atoms with Crippen LogP contribution in [0.5, 0.6) is 23.0 Å². The van der Waals surface area contributed by atoms with Crippen LogP contribution in [0.25, 0.3) is 0 Å². The molecule has 1 aliphatic rings. The van der Waals surface area contributed by atoms with Crippen LogP contribution in [0.15, 0.2) is 42.5 Å². The fourth-order valence-corrected chi connectivity index (χ4v) is 3.39. The molecule has 8 nitrogen and oxygen atoms in total. The van der Waals surface area contributed by atoms with Crippen molar-refractivity contribution in [2.24, 2.45) is 0 Å². The zero-order valence-corrected chi connectivity index (χ0v) is 21.0. The predicted octanol–water partition coefficient (Wildman–Crippen LogP) is 3.88. The van der Waals surface area contributed by atoms with Crippen molar-refractivity contribution in [3.63, 3.8) is 0 Å². The molecule has 0 atom stereocenters. The standard InChI is InChI=1S/C25H33BrO8/c26-20-21-5-6-24-25(19-21)34-18-14-30-10-9-28-12-16-32-23-4-2-1-3-22(23)31-15-11-27-7-8-29-13-17-33-24/h1-6,19H,7-18,20H2. The molecule has 0 saturated carbocycles. The number of para-hydroxylation sites is 2. The van der Waals surface area contributed by atoms with Crippen molar-refractivity contribution in [1.29, 1.82) is 0 Å². The van der Waals surface area contributed by atoms with Gasteiger partial charge in [0.1, 0.15) is 26.4 Å². The molecule has 0 bridgehead atoms. The highest BCUT2D eigenvalue weighted by Crippen LogP contribution is 2.29. The summed E-state index contributed by atoms with van der Waals surface area (Å²) in [6.45, 7) is 5.40. The maximum absolute atomic E-state index is 5.90. The Kier molecular flexibility index (Phi) is 12.9. The van der Waals surface area contributed by atoms with E-state index in [0.29, 0.717) is 102 Å². The Morgan fingerprint density at radius 3 is 1.29 bits per heavy atom. The molecular weight excluding hydrogens is 508 g/mol. The van der Waals surface area contributed by atoms with Gasteiger partial charge in [-0.2, -0.15) is 0 Å². The summed E-state index contributed by atoms with van der Waals surface area (Å²) in [4.78, 5) is 0. The quantitative estimate of drug-likeness (QED) is 0.504. The third-order valence-electron chi connectivity index (χ3n) is 4.70. The van der Waals surface area contributed by atoms with E-state index >= 15 is 0 Å². The molecule has 9 heteroatoms. The molecule has 2 aromatic rings. The average Bonchev–Trinajstić information content (AvgIpc) is 2.87. The number of halogens is 1. The fraction of sp³-hybridized carbons (Fsp3) is 0.520. The lowest BCUT2D eigenvalue weighted by molar-refractivity contribution is 0.0223. The van der Waals surface area contributed by atoms with E-state index in [0.717, 1.165) is 10.9 Å². The summed E-state index contributed by atoms with van der Waals surface area (Å²) in [5.41, 5.74) is 1.10. The predicted molar refractivity (Wildman–Crippen MR) is 131 cm³/mol. The summed E-state index contributed by atoms with van der Waals surface area (Å²) in [7, 11) is 0. The molecule has 0 radical (unpaired) electrons. The first-order valence-electron chi connectivity index (χ1n) is 11.5. The maximum atomic E-state index is 5.90. The van der Waals surface area contributed by atoms with E-state index in [9.17, 15) is 0 Å². The molecule has 1 aliphatic heterocycles. The minimum atomic E-state index is 0.413. The molecular formula is C25H33BrO8. The monoisotopic (exact) mass is 540 g/mol. The topological polar surface area (TPSA) is 73.8 Å². The summed E-state index contributed by atoms with van der Waals surface area (Å²) < 4.78 is 45.7. The van der Waals surface area contributed by atoms with Crippen molar-refractivity contribution >= 4 is 15.9 Å². The third-order valence-corrected chi connectivity index (χ3v) is 5.34. The minimum absolute atomic E-state index is 0.413. The first-order valence-corrected chi connectivity index (χ1v) is 12.6.